The standard InChI is InChI=1S/C22H26N4O2S3/c1-3-5-8-19-24-25-21(31-19)23-18(27)7-6-13-26-20(28)17(30-22(26)29)14-16-11-9-15(4-2)10-12-16/h9-12,14H,3-8,13H2,1-2H3,(H,23,25,27). The minimum Gasteiger partial charge on any atom is -0.301 e. The zero-order valence-corrected chi connectivity index (χ0v) is 20.2. The summed E-state index contributed by atoms with van der Waals surface area (Å²) in [6.07, 6.45) is 6.71. The Morgan fingerprint density at radius 1 is 1.19 bits per heavy atom. The van der Waals surface area contributed by atoms with Crippen LogP contribution in [0.4, 0.5) is 5.13 Å². The molecule has 0 spiro atoms. The van der Waals surface area contributed by atoms with E-state index in [1.165, 1.54) is 28.7 Å². The summed E-state index contributed by atoms with van der Waals surface area (Å²) < 4.78 is 0.534. The van der Waals surface area contributed by atoms with E-state index in [0.717, 1.165) is 36.3 Å². The summed E-state index contributed by atoms with van der Waals surface area (Å²) in [7, 11) is 0. The molecule has 2 amide bonds. The molecule has 1 fully saturated rings. The average Bonchev–Trinajstić information content (AvgIpc) is 3.31. The lowest BCUT2D eigenvalue weighted by Gasteiger charge is -2.13. The molecule has 0 radical (unpaired) electrons. The second-order valence-electron chi connectivity index (χ2n) is 7.18. The van der Waals surface area contributed by atoms with Gasteiger partial charge in [0, 0.05) is 19.4 Å². The van der Waals surface area contributed by atoms with E-state index in [1.54, 1.807) is 4.90 Å². The Morgan fingerprint density at radius 2 is 1.97 bits per heavy atom. The van der Waals surface area contributed by atoms with Crippen LogP contribution < -0.4 is 5.32 Å². The van der Waals surface area contributed by atoms with E-state index in [0.29, 0.717) is 33.7 Å². The number of thioether (sulfide) groups is 1. The molecule has 1 aliphatic rings. The first kappa shape index (κ1) is 23.6. The van der Waals surface area contributed by atoms with Gasteiger partial charge in [-0.15, -0.1) is 10.2 Å². The monoisotopic (exact) mass is 474 g/mol. The number of aromatic nitrogens is 2. The molecule has 0 aliphatic carbocycles. The molecule has 31 heavy (non-hydrogen) atoms. The zero-order valence-electron chi connectivity index (χ0n) is 17.7. The zero-order chi connectivity index (χ0) is 22.2. The van der Waals surface area contributed by atoms with Gasteiger partial charge in [-0.25, -0.2) is 0 Å². The van der Waals surface area contributed by atoms with Gasteiger partial charge in [0.05, 0.1) is 4.91 Å². The van der Waals surface area contributed by atoms with Gasteiger partial charge >= 0.3 is 0 Å². The SMILES string of the molecule is CCCCc1nnc(NC(=O)CCCN2C(=O)C(=Cc3ccc(CC)cc3)SC2=S)s1. The van der Waals surface area contributed by atoms with Crippen molar-refractivity contribution in [2.75, 3.05) is 11.9 Å². The number of rotatable bonds is 10. The predicted octanol–water partition coefficient (Wildman–Crippen LogP) is 5.06. The molecule has 9 heteroatoms. The van der Waals surface area contributed by atoms with Gasteiger partial charge in [-0.3, -0.25) is 14.5 Å². The highest BCUT2D eigenvalue weighted by molar-refractivity contribution is 8.26. The molecule has 164 valence electrons. The van der Waals surface area contributed by atoms with E-state index >= 15 is 0 Å². The minimum atomic E-state index is -0.129. The van der Waals surface area contributed by atoms with Crippen LogP contribution >= 0.6 is 35.3 Å². The number of hydrogen-bond acceptors (Lipinski definition) is 7. The van der Waals surface area contributed by atoms with Crippen molar-refractivity contribution in [2.45, 2.75) is 52.4 Å². The van der Waals surface area contributed by atoms with Crippen LogP contribution in [-0.4, -0.2) is 37.8 Å². The summed E-state index contributed by atoms with van der Waals surface area (Å²) in [4.78, 5) is 27.1. The van der Waals surface area contributed by atoms with Crippen molar-refractivity contribution in [2.24, 2.45) is 0 Å². The molecule has 1 aromatic carbocycles. The number of unbranched alkanes of at least 4 members (excludes halogenated alkanes) is 1. The third-order valence-electron chi connectivity index (χ3n) is 4.80. The molecule has 1 aliphatic heterocycles. The first-order valence-corrected chi connectivity index (χ1v) is 12.5. The Bertz CT molecular complexity index is 969. The molecule has 0 atom stereocenters. The average molecular weight is 475 g/mol. The molecule has 3 rings (SSSR count). The third-order valence-corrected chi connectivity index (χ3v) is 7.08. The third kappa shape index (κ3) is 6.69. The van der Waals surface area contributed by atoms with Crippen molar-refractivity contribution in [3.8, 4) is 0 Å². The summed E-state index contributed by atoms with van der Waals surface area (Å²) in [6, 6.07) is 8.15. The Kier molecular flexibility index (Phi) is 8.74. The summed E-state index contributed by atoms with van der Waals surface area (Å²) in [6.45, 7) is 4.66. The van der Waals surface area contributed by atoms with Gasteiger partial charge in [0.25, 0.3) is 5.91 Å². The molecule has 1 aromatic heterocycles. The van der Waals surface area contributed by atoms with E-state index in [1.807, 2.05) is 18.2 Å². The number of amides is 2. The number of nitrogens with one attached hydrogen (secondary N) is 1. The van der Waals surface area contributed by atoms with Crippen molar-refractivity contribution in [3.05, 3.63) is 45.3 Å². The van der Waals surface area contributed by atoms with E-state index in [4.69, 9.17) is 12.2 Å². The van der Waals surface area contributed by atoms with Crippen molar-refractivity contribution in [3.63, 3.8) is 0 Å². The fourth-order valence-electron chi connectivity index (χ4n) is 3.01. The van der Waals surface area contributed by atoms with Gasteiger partial charge in [-0.05, 0) is 36.5 Å². The second-order valence-corrected chi connectivity index (χ2v) is 9.92. The summed E-state index contributed by atoms with van der Waals surface area (Å²) in [5.41, 5.74) is 2.24. The molecule has 0 unspecified atom stereocenters. The Labute approximate surface area is 196 Å². The van der Waals surface area contributed by atoms with Gasteiger partial charge in [-0.2, -0.15) is 0 Å². The Balaban J connectivity index is 1.48. The number of carbonyl (C=O) groups excluding carboxylic acids is 2. The van der Waals surface area contributed by atoms with Crippen LogP contribution in [-0.2, 0) is 22.4 Å². The number of carbonyl (C=O) groups is 2. The normalized spacial score (nSPS) is 15.2. The summed E-state index contributed by atoms with van der Waals surface area (Å²) in [5.74, 6) is -0.227. The van der Waals surface area contributed by atoms with Gasteiger partial charge < -0.3 is 5.32 Å². The van der Waals surface area contributed by atoms with E-state index in [-0.39, 0.29) is 11.8 Å². The van der Waals surface area contributed by atoms with Crippen molar-refractivity contribution in [1.29, 1.82) is 0 Å². The first-order chi connectivity index (χ1) is 15.0. The molecule has 0 saturated carbocycles. The summed E-state index contributed by atoms with van der Waals surface area (Å²) >= 11 is 8.10. The highest BCUT2D eigenvalue weighted by Gasteiger charge is 2.31. The molecule has 1 N–H and O–H groups in total. The molecule has 6 nitrogen and oxygen atoms in total. The lowest BCUT2D eigenvalue weighted by Crippen LogP contribution is -2.29. The van der Waals surface area contributed by atoms with Gasteiger partial charge in [0.15, 0.2) is 0 Å². The number of hydrogen-bond donors (Lipinski definition) is 1. The first-order valence-electron chi connectivity index (χ1n) is 10.5. The number of thiocarbonyl (C=S) groups is 1. The molecule has 2 heterocycles. The summed E-state index contributed by atoms with van der Waals surface area (Å²) in [5, 5.41) is 12.4. The number of nitrogens with zero attached hydrogens (tertiary/aromatic N) is 3. The maximum atomic E-state index is 12.7. The maximum absolute atomic E-state index is 12.7. The quantitative estimate of drug-likeness (QED) is 0.383. The molecule has 0 bridgehead atoms. The highest BCUT2D eigenvalue weighted by Crippen LogP contribution is 2.32. The van der Waals surface area contributed by atoms with Gasteiger partial charge in [0.1, 0.15) is 9.33 Å². The highest BCUT2D eigenvalue weighted by atomic mass is 32.2. The minimum absolute atomic E-state index is 0.0975. The molecular weight excluding hydrogens is 448 g/mol. The Hall–Kier alpha value is -2.10. The molecule has 2 aromatic rings. The van der Waals surface area contributed by atoms with Crippen molar-refractivity contribution >= 4 is 62.7 Å². The lowest BCUT2D eigenvalue weighted by atomic mass is 10.1. The van der Waals surface area contributed by atoms with Crippen LogP contribution in [0.2, 0.25) is 0 Å². The topological polar surface area (TPSA) is 75.2 Å². The molecule has 1 saturated heterocycles. The smallest absolute Gasteiger partial charge is 0.266 e. The van der Waals surface area contributed by atoms with Crippen LogP contribution in [0, 0.1) is 0 Å². The van der Waals surface area contributed by atoms with Crippen molar-refractivity contribution < 1.29 is 9.59 Å². The number of aryl methyl sites for hydroxylation is 2. The Morgan fingerprint density at radius 3 is 2.68 bits per heavy atom. The predicted molar refractivity (Wildman–Crippen MR) is 132 cm³/mol. The fraction of sp³-hybridized carbons (Fsp3) is 0.409. The largest absolute Gasteiger partial charge is 0.301 e. The van der Waals surface area contributed by atoms with Crippen LogP contribution in [0.5, 0.6) is 0 Å². The fourth-order valence-corrected chi connectivity index (χ4v) is 5.11. The number of benzene rings is 1. The van der Waals surface area contributed by atoms with Crippen LogP contribution in [0.3, 0.4) is 0 Å². The van der Waals surface area contributed by atoms with Gasteiger partial charge in [-0.1, -0.05) is 79.9 Å². The van der Waals surface area contributed by atoms with Crippen LogP contribution in [0.25, 0.3) is 6.08 Å². The second kappa shape index (κ2) is 11.5. The van der Waals surface area contributed by atoms with E-state index in [9.17, 15) is 9.59 Å². The lowest BCUT2D eigenvalue weighted by molar-refractivity contribution is -0.122. The van der Waals surface area contributed by atoms with E-state index < -0.39 is 0 Å². The van der Waals surface area contributed by atoms with Gasteiger partial charge in [0.2, 0.25) is 11.0 Å². The maximum Gasteiger partial charge on any atom is 0.266 e. The molecular formula is C22H26N4O2S3. The number of anilines is 1. The van der Waals surface area contributed by atoms with Crippen LogP contribution in [0.15, 0.2) is 29.2 Å². The van der Waals surface area contributed by atoms with Crippen LogP contribution in [0.1, 0.15) is 55.7 Å². The van der Waals surface area contributed by atoms with Crippen molar-refractivity contribution in [1.82, 2.24) is 15.1 Å². The van der Waals surface area contributed by atoms with E-state index in [2.05, 4.69) is 41.5 Å².